The molecule has 1 unspecified atom stereocenters. The van der Waals surface area contributed by atoms with E-state index in [0.29, 0.717) is 13.0 Å². The van der Waals surface area contributed by atoms with Gasteiger partial charge in [-0.25, -0.2) is 0 Å². The highest BCUT2D eigenvalue weighted by Gasteiger charge is 2.03. The van der Waals surface area contributed by atoms with Crippen LogP contribution in [0, 0.1) is 5.92 Å². The fourth-order valence-corrected chi connectivity index (χ4v) is 7.98. The smallest absolute Gasteiger partial charge is 0.305 e. The molecule has 0 N–H and O–H groups in total. The molecule has 0 aliphatic carbocycles. The number of carbonyl (C=O) groups is 1. The van der Waals surface area contributed by atoms with Gasteiger partial charge in [-0.05, 0) is 38.0 Å². The maximum Gasteiger partial charge on any atom is 0.305 e. The lowest BCUT2D eigenvalue weighted by Crippen LogP contribution is -2.05. The van der Waals surface area contributed by atoms with Gasteiger partial charge in [-0.15, -0.1) is 0 Å². The van der Waals surface area contributed by atoms with Gasteiger partial charge in [0.1, 0.15) is 0 Å². The van der Waals surface area contributed by atoms with E-state index in [1.165, 1.54) is 257 Å². The van der Waals surface area contributed by atoms with Crippen LogP contribution in [0.2, 0.25) is 0 Å². The summed E-state index contributed by atoms with van der Waals surface area (Å²) < 4.78 is 5.46. The molecule has 0 bridgehead atoms. The Morgan fingerprint density at radius 3 is 1.04 bits per heavy atom. The molecule has 0 saturated carbocycles. The Morgan fingerprint density at radius 2 is 0.685 bits per heavy atom. The molecule has 0 aromatic rings. The van der Waals surface area contributed by atoms with Crippen LogP contribution in [0.3, 0.4) is 0 Å². The fourth-order valence-electron chi connectivity index (χ4n) is 7.98. The summed E-state index contributed by atoms with van der Waals surface area (Å²) in [5.74, 6) is 0.959. The summed E-state index contributed by atoms with van der Waals surface area (Å²) in [5, 5.41) is 0. The molecule has 0 aromatic heterocycles. The predicted octanol–water partition coefficient (Wildman–Crippen LogP) is 18.9. The second-order valence-corrected chi connectivity index (χ2v) is 17.8. The zero-order chi connectivity index (χ0) is 39.1. The molecule has 0 rings (SSSR count). The van der Waals surface area contributed by atoms with E-state index >= 15 is 0 Å². The first-order chi connectivity index (χ1) is 26.7. The average molecular weight is 759 g/mol. The Bertz CT molecular complexity index is 713. The van der Waals surface area contributed by atoms with Crippen molar-refractivity contribution in [1.82, 2.24) is 0 Å². The van der Waals surface area contributed by atoms with Gasteiger partial charge in [0.05, 0.1) is 6.61 Å². The van der Waals surface area contributed by atoms with Crippen LogP contribution >= 0.6 is 0 Å². The van der Waals surface area contributed by atoms with Crippen LogP contribution < -0.4 is 0 Å². The van der Waals surface area contributed by atoms with E-state index in [1.54, 1.807) is 0 Å². The number of rotatable bonds is 47. The molecule has 0 aliphatic rings. The van der Waals surface area contributed by atoms with E-state index in [1.807, 2.05) is 0 Å². The lowest BCUT2D eigenvalue weighted by atomic mass is 9.99. The third kappa shape index (κ3) is 47.4. The van der Waals surface area contributed by atoms with Crippen molar-refractivity contribution in [2.45, 2.75) is 303 Å². The first kappa shape index (κ1) is 53.2. The molecule has 2 heteroatoms. The summed E-state index contributed by atoms with van der Waals surface area (Å²) in [6, 6.07) is 0. The van der Waals surface area contributed by atoms with Gasteiger partial charge in [-0.1, -0.05) is 277 Å². The molecule has 1 atom stereocenters. The summed E-state index contributed by atoms with van der Waals surface area (Å²) in [4.78, 5) is 12.0. The minimum Gasteiger partial charge on any atom is -0.466 e. The first-order valence-electron chi connectivity index (χ1n) is 25.5. The van der Waals surface area contributed by atoms with Gasteiger partial charge in [-0.3, -0.25) is 4.79 Å². The summed E-state index contributed by atoms with van der Waals surface area (Å²) in [7, 11) is 0. The molecule has 0 aromatic carbocycles. The lowest BCUT2D eigenvalue weighted by molar-refractivity contribution is -0.143. The molecule has 0 heterocycles. The first-order valence-corrected chi connectivity index (χ1v) is 25.5. The van der Waals surface area contributed by atoms with E-state index in [-0.39, 0.29) is 5.97 Å². The summed E-state index contributed by atoms with van der Waals surface area (Å²) >= 11 is 0. The van der Waals surface area contributed by atoms with Gasteiger partial charge in [-0.2, -0.15) is 0 Å². The second kappa shape index (κ2) is 48.4. The molecule has 322 valence electrons. The van der Waals surface area contributed by atoms with Crippen molar-refractivity contribution in [1.29, 1.82) is 0 Å². The molecular formula is C52H102O2. The normalized spacial score (nSPS) is 12.3. The molecule has 0 radical (unpaired) electrons. The molecular weight excluding hydrogens is 657 g/mol. The number of allylic oxidation sites excluding steroid dienone is 2. The third-order valence-electron chi connectivity index (χ3n) is 12.2. The fraction of sp³-hybridized carbons (Fsp3) is 0.942. The Kier molecular flexibility index (Phi) is 47.7. The molecule has 0 fully saturated rings. The zero-order valence-electron chi connectivity index (χ0n) is 37.9. The monoisotopic (exact) mass is 759 g/mol. The third-order valence-corrected chi connectivity index (χ3v) is 12.2. The van der Waals surface area contributed by atoms with E-state index < -0.39 is 0 Å². The van der Waals surface area contributed by atoms with E-state index in [9.17, 15) is 4.79 Å². The van der Waals surface area contributed by atoms with E-state index in [2.05, 4.69) is 32.9 Å². The Balaban J connectivity index is 3.13. The number of hydrogen-bond donors (Lipinski definition) is 0. The van der Waals surface area contributed by atoms with E-state index in [4.69, 9.17) is 4.74 Å². The predicted molar refractivity (Wildman–Crippen MR) is 244 cm³/mol. The van der Waals surface area contributed by atoms with Crippen molar-refractivity contribution >= 4 is 5.97 Å². The van der Waals surface area contributed by atoms with Crippen LogP contribution in [0.25, 0.3) is 0 Å². The SMILES string of the molecule is CCCCC=CCCCCCCCC(=O)OCCCCCCCCCCCCCCCCCCCCCCCCCCCCCCCCCCC(C)CC. The van der Waals surface area contributed by atoms with Gasteiger partial charge in [0.15, 0.2) is 0 Å². The highest BCUT2D eigenvalue weighted by molar-refractivity contribution is 5.69. The van der Waals surface area contributed by atoms with Gasteiger partial charge in [0, 0.05) is 6.42 Å². The molecule has 2 nitrogen and oxygen atoms in total. The van der Waals surface area contributed by atoms with Crippen molar-refractivity contribution < 1.29 is 9.53 Å². The molecule has 54 heavy (non-hydrogen) atoms. The average Bonchev–Trinajstić information content (AvgIpc) is 3.18. The molecule has 0 amide bonds. The van der Waals surface area contributed by atoms with Crippen LogP contribution in [0.5, 0.6) is 0 Å². The van der Waals surface area contributed by atoms with Crippen LogP contribution in [0.4, 0.5) is 0 Å². The Morgan fingerprint density at radius 1 is 0.389 bits per heavy atom. The number of carbonyl (C=O) groups excluding carboxylic acids is 1. The van der Waals surface area contributed by atoms with Crippen LogP contribution in [0.15, 0.2) is 12.2 Å². The molecule has 0 saturated heterocycles. The number of unbranched alkanes of at least 4 members (excludes halogenated alkanes) is 38. The highest BCUT2D eigenvalue weighted by Crippen LogP contribution is 2.18. The summed E-state index contributed by atoms with van der Waals surface area (Å²) in [6.45, 7) is 7.61. The Labute approximate surface area is 342 Å². The van der Waals surface area contributed by atoms with Crippen molar-refractivity contribution in [3.05, 3.63) is 12.2 Å². The quantitative estimate of drug-likeness (QED) is 0.0351. The van der Waals surface area contributed by atoms with Crippen molar-refractivity contribution in [3.8, 4) is 0 Å². The van der Waals surface area contributed by atoms with Crippen LogP contribution in [-0.2, 0) is 9.53 Å². The standard InChI is InChI=1S/C52H102O2/c1-4-6-7-8-9-10-33-37-40-43-46-49-52(53)54-50-47-44-41-38-35-32-30-28-26-24-22-20-18-16-14-12-11-13-15-17-19-21-23-25-27-29-31-34-36-39-42-45-48-51(3)5-2/h8-9,51H,4-7,10-50H2,1-3H3. The van der Waals surface area contributed by atoms with Gasteiger partial charge < -0.3 is 4.74 Å². The number of esters is 1. The highest BCUT2D eigenvalue weighted by atomic mass is 16.5. The Hall–Kier alpha value is -0.790. The maximum atomic E-state index is 12.0. The minimum absolute atomic E-state index is 0.0184. The van der Waals surface area contributed by atoms with Gasteiger partial charge in [0.2, 0.25) is 0 Å². The summed E-state index contributed by atoms with van der Waals surface area (Å²) in [6.07, 6.45) is 65.0. The second-order valence-electron chi connectivity index (χ2n) is 17.8. The molecule has 0 aliphatic heterocycles. The number of hydrogen-bond acceptors (Lipinski definition) is 2. The minimum atomic E-state index is 0.0184. The van der Waals surface area contributed by atoms with Gasteiger partial charge in [0.25, 0.3) is 0 Å². The van der Waals surface area contributed by atoms with Crippen molar-refractivity contribution in [2.24, 2.45) is 5.92 Å². The van der Waals surface area contributed by atoms with Crippen LogP contribution in [-0.4, -0.2) is 12.6 Å². The topological polar surface area (TPSA) is 26.3 Å². The lowest BCUT2D eigenvalue weighted by Gasteiger charge is -2.07. The zero-order valence-corrected chi connectivity index (χ0v) is 37.9. The van der Waals surface area contributed by atoms with Crippen molar-refractivity contribution in [2.75, 3.05) is 6.61 Å². The molecule has 0 spiro atoms. The van der Waals surface area contributed by atoms with E-state index in [0.717, 1.165) is 25.2 Å². The van der Waals surface area contributed by atoms with Gasteiger partial charge >= 0.3 is 5.97 Å². The largest absolute Gasteiger partial charge is 0.466 e. The maximum absolute atomic E-state index is 12.0. The van der Waals surface area contributed by atoms with Crippen molar-refractivity contribution in [3.63, 3.8) is 0 Å². The summed E-state index contributed by atoms with van der Waals surface area (Å²) in [5.41, 5.74) is 0. The number of ether oxygens (including phenoxy) is 1. The van der Waals surface area contributed by atoms with Crippen LogP contribution in [0.1, 0.15) is 303 Å².